The number of cyclic esters (lactones) is 1. The van der Waals surface area contributed by atoms with Gasteiger partial charge in [-0.05, 0) is 29.2 Å². The molecule has 0 N–H and O–H groups in total. The smallest absolute Gasteiger partial charge is 0.363 e. The van der Waals surface area contributed by atoms with Crippen molar-refractivity contribution in [2.24, 2.45) is 4.99 Å². The normalized spacial score (nSPS) is 17.0. The van der Waals surface area contributed by atoms with Gasteiger partial charge in [-0.2, -0.15) is 0 Å². The van der Waals surface area contributed by atoms with Crippen molar-refractivity contribution < 1.29 is 9.53 Å². The van der Waals surface area contributed by atoms with Crippen LogP contribution >= 0.6 is 27.3 Å². The molecule has 3 rings (SSSR count). The van der Waals surface area contributed by atoms with E-state index >= 15 is 0 Å². The topological polar surface area (TPSA) is 38.7 Å². The van der Waals surface area contributed by atoms with Gasteiger partial charge in [-0.1, -0.05) is 52.3 Å². The van der Waals surface area contributed by atoms with E-state index in [-0.39, 0.29) is 5.70 Å². The second-order valence-corrected chi connectivity index (χ2v) is 6.12. The van der Waals surface area contributed by atoms with Crippen molar-refractivity contribution in [1.82, 2.24) is 0 Å². The third-order valence-corrected chi connectivity index (χ3v) is 4.05. The first-order chi connectivity index (χ1) is 10.2. The van der Waals surface area contributed by atoms with Crippen molar-refractivity contribution in [3.8, 4) is 0 Å². The standard InChI is InChI=1S/C16H10BrNO2S/c17-12(9-11-5-2-1-3-6-11)10-13-16(19)20-15(18-13)14-7-4-8-21-14/h1-10H/b12-9-,13-10?. The van der Waals surface area contributed by atoms with E-state index in [1.165, 1.54) is 11.3 Å². The van der Waals surface area contributed by atoms with E-state index in [0.29, 0.717) is 5.90 Å². The van der Waals surface area contributed by atoms with E-state index in [9.17, 15) is 4.79 Å². The summed E-state index contributed by atoms with van der Waals surface area (Å²) in [6.07, 6.45) is 3.58. The molecule has 2 aromatic rings. The Morgan fingerprint density at radius 2 is 2.00 bits per heavy atom. The number of carbonyl (C=O) groups is 1. The Hall–Kier alpha value is -1.98. The summed E-state index contributed by atoms with van der Waals surface area (Å²) in [6.45, 7) is 0. The van der Waals surface area contributed by atoms with Crippen LogP contribution in [-0.2, 0) is 9.53 Å². The zero-order valence-electron chi connectivity index (χ0n) is 10.8. The predicted molar refractivity (Wildman–Crippen MR) is 88.4 cm³/mol. The van der Waals surface area contributed by atoms with Crippen LogP contribution in [0.15, 0.2) is 69.1 Å². The minimum Gasteiger partial charge on any atom is -0.401 e. The monoisotopic (exact) mass is 359 g/mol. The van der Waals surface area contributed by atoms with Gasteiger partial charge in [0.15, 0.2) is 5.70 Å². The van der Waals surface area contributed by atoms with E-state index in [2.05, 4.69) is 20.9 Å². The van der Waals surface area contributed by atoms with Crippen LogP contribution in [0, 0.1) is 0 Å². The highest BCUT2D eigenvalue weighted by Crippen LogP contribution is 2.23. The largest absolute Gasteiger partial charge is 0.401 e. The predicted octanol–water partition coefficient (Wildman–Crippen LogP) is 4.37. The van der Waals surface area contributed by atoms with E-state index in [0.717, 1.165) is 14.9 Å². The number of hydrogen-bond acceptors (Lipinski definition) is 4. The van der Waals surface area contributed by atoms with Crippen LogP contribution in [0.25, 0.3) is 6.08 Å². The third kappa shape index (κ3) is 3.37. The van der Waals surface area contributed by atoms with Crippen molar-refractivity contribution in [2.45, 2.75) is 0 Å². The van der Waals surface area contributed by atoms with Crippen molar-refractivity contribution in [3.05, 3.63) is 74.5 Å². The summed E-state index contributed by atoms with van der Waals surface area (Å²) in [5.41, 5.74) is 1.33. The first-order valence-electron chi connectivity index (χ1n) is 6.21. The molecule has 0 amide bonds. The van der Waals surface area contributed by atoms with Gasteiger partial charge in [0.25, 0.3) is 0 Å². The molecule has 0 saturated carbocycles. The summed E-state index contributed by atoms with van der Waals surface area (Å²) in [4.78, 5) is 16.9. The summed E-state index contributed by atoms with van der Waals surface area (Å²) in [5.74, 6) is -0.0712. The molecule has 0 saturated heterocycles. The fourth-order valence-electron chi connectivity index (χ4n) is 1.80. The highest BCUT2D eigenvalue weighted by atomic mass is 79.9. The Kier molecular flexibility index (Phi) is 4.13. The van der Waals surface area contributed by atoms with Crippen molar-refractivity contribution in [3.63, 3.8) is 0 Å². The maximum absolute atomic E-state index is 11.8. The highest BCUT2D eigenvalue weighted by Gasteiger charge is 2.24. The number of benzene rings is 1. The van der Waals surface area contributed by atoms with Crippen LogP contribution in [0.2, 0.25) is 0 Å². The quantitative estimate of drug-likeness (QED) is 0.602. The van der Waals surface area contributed by atoms with Crippen LogP contribution in [0.4, 0.5) is 0 Å². The third-order valence-electron chi connectivity index (χ3n) is 2.73. The lowest BCUT2D eigenvalue weighted by molar-refractivity contribution is -0.130. The van der Waals surface area contributed by atoms with Gasteiger partial charge in [0, 0.05) is 4.48 Å². The van der Waals surface area contributed by atoms with E-state index in [4.69, 9.17) is 4.74 Å². The lowest BCUT2D eigenvalue weighted by atomic mass is 10.2. The van der Waals surface area contributed by atoms with Gasteiger partial charge in [0.1, 0.15) is 0 Å². The second kappa shape index (κ2) is 6.20. The van der Waals surface area contributed by atoms with Crippen LogP contribution in [0.1, 0.15) is 10.4 Å². The maximum Gasteiger partial charge on any atom is 0.363 e. The van der Waals surface area contributed by atoms with Crippen LogP contribution in [0.5, 0.6) is 0 Å². The zero-order valence-corrected chi connectivity index (χ0v) is 13.2. The van der Waals surface area contributed by atoms with Crippen LogP contribution in [0.3, 0.4) is 0 Å². The van der Waals surface area contributed by atoms with Gasteiger partial charge in [0.05, 0.1) is 4.88 Å². The molecule has 1 aliphatic heterocycles. The Labute approximate surface area is 134 Å². The van der Waals surface area contributed by atoms with Gasteiger partial charge in [-0.25, -0.2) is 9.79 Å². The minimum absolute atomic E-state index is 0.289. The molecule has 5 heteroatoms. The first kappa shape index (κ1) is 14.0. The summed E-state index contributed by atoms with van der Waals surface area (Å²) in [7, 11) is 0. The molecular formula is C16H10BrNO2S. The van der Waals surface area contributed by atoms with Crippen LogP contribution < -0.4 is 0 Å². The Bertz CT molecular complexity index is 746. The highest BCUT2D eigenvalue weighted by molar-refractivity contribution is 9.12. The lowest BCUT2D eigenvalue weighted by Crippen LogP contribution is -2.03. The number of allylic oxidation sites excluding steroid dienone is 2. The Morgan fingerprint density at radius 1 is 1.19 bits per heavy atom. The molecule has 1 aliphatic rings. The van der Waals surface area contributed by atoms with Gasteiger partial charge < -0.3 is 4.74 Å². The lowest BCUT2D eigenvalue weighted by Gasteiger charge is -1.94. The molecular weight excluding hydrogens is 350 g/mol. The van der Waals surface area contributed by atoms with Crippen LogP contribution in [-0.4, -0.2) is 11.9 Å². The molecule has 0 unspecified atom stereocenters. The first-order valence-corrected chi connectivity index (χ1v) is 7.88. The summed E-state index contributed by atoms with van der Waals surface area (Å²) in [6, 6.07) is 13.6. The second-order valence-electron chi connectivity index (χ2n) is 4.25. The van der Waals surface area contributed by atoms with Crippen molar-refractivity contribution in [2.75, 3.05) is 0 Å². The Balaban J connectivity index is 1.86. The SMILES string of the molecule is O=C1OC(c2cccs2)=NC1=C/C(Br)=C/c1ccccc1. The number of carbonyl (C=O) groups excluding carboxylic acids is 1. The molecule has 0 aliphatic carbocycles. The van der Waals surface area contributed by atoms with Gasteiger partial charge in [-0.3, -0.25) is 0 Å². The number of halogens is 1. The number of hydrogen-bond donors (Lipinski definition) is 0. The fraction of sp³-hybridized carbons (Fsp3) is 0. The van der Waals surface area contributed by atoms with Crippen molar-refractivity contribution in [1.29, 1.82) is 0 Å². The molecule has 0 atom stereocenters. The molecule has 104 valence electrons. The number of aliphatic imine (C=N–C) groups is 1. The Morgan fingerprint density at radius 3 is 2.71 bits per heavy atom. The van der Waals surface area contributed by atoms with Gasteiger partial charge in [0.2, 0.25) is 5.90 Å². The average molecular weight is 360 g/mol. The maximum atomic E-state index is 11.8. The number of rotatable bonds is 3. The molecule has 0 bridgehead atoms. The van der Waals surface area contributed by atoms with Crippen molar-refractivity contribution >= 4 is 45.2 Å². The molecule has 21 heavy (non-hydrogen) atoms. The zero-order chi connectivity index (χ0) is 14.7. The van der Waals surface area contributed by atoms with Gasteiger partial charge >= 0.3 is 5.97 Å². The number of nitrogens with zero attached hydrogens (tertiary/aromatic N) is 1. The van der Waals surface area contributed by atoms with E-state index in [1.807, 2.05) is 53.9 Å². The fourth-order valence-corrected chi connectivity index (χ4v) is 2.93. The molecule has 2 heterocycles. The number of thiophene rings is 1. The summed E-state index contributed by atoms with van der Waals surface area (Å²) in [5, 5.41) is 1.92. The van der Waals surface area contributed by atoms with Gasteiger partial charge in [-0.15, -0.1) is 11.3 Å². The molecule has 0 spiro atoms. The van der Waals surface area contributed by atoms with E-state index in [1.54, 1.807) is 6.08 Å². The molecule has 1 aromatic heterocycles. The molecule has 1 aromatic carbocycles. The average Bonchev–Trinajstić information content (AvgIpc) is 3.10. The minimum atomic E-state index is -0.434. The van der Waals surface area contributed by atoms with E-state index < -0.39 is 5.97 Å². The number of esters is 1. The molecule has 0 fully saturated rings. The molecule has 0 radical (unpaired) electrons. The molecule has 3 nitrogen and oxygen atoms in total. The summed E-state index contributed by atoms with van der Waals surface area (Å²) < 4.78 is 5.94. The number of ether oxygens (including phenoxy) is 1. The summed E-state index contributed by atoms with van der Waals surface area (Å²) >= 11 is 4.92.